The van der Waals surface area contributed by atoms with Crippen LogP contribution >= 0.6 is 11.6 Å². The van der Waals surface area contributed by atoms with Crippen molar-refractivity contribution < 1.29 is 0 Å². The second-order valence-electron chi connectivity index (χ2n) is 3.88. The van der Waals surface area contributed by atoms with Crippen molar-refractivity contribution in [3.63, 3.8) is 0 Å². The Morgan fingerprint density at radius 1 is 0.895 bits per heavy atom. The molecule has 0 heterocycles. The Balaban J connectivity index is 2.47. The van der Waals surface area contributed by atoms with Gasteiger partial charge in [-0.3, -0.25) is 0 Å². The highest BCUT2D eigenvalue weighted by Crippen LogP contribution is 2.24. The van der Waals surface area contributed by atoms with Crippen molar-refractivity contribution in [2.45, 2.75) is 0 Å². The molecular formula is C16H9ClN2. The molecule has 2 rings (SSSR count). The van der Waals surface area contributed by atoms with Crippen LogP contribution in [0.5, 0.6) is 0 Å². The molecule has 90 valence electrons. The Kier molecular flexibility index (Phi) is 3.98. The molecule has 0 unspecified atom stereocenters. The van der Waals surface area contributed by atoms with Crippen LogP contribution in [0.3, 0.4) is 0 Å². The molecule has 0 aliphatic rings. The zero-order valence-electron chi connectivity index (χ0n) is 9.97. The lowest BCUT2D eigenvalue weighted by Gasteiger charge is -2.07. The summed E-state index contributed by atoms with van der Waals surface area (Å²) in [5.74, 6) is 0. The monoisotopic (exact) mass is 264 g/mol. The molecule has 0 radical (unpaired) electrons. The average molecular weight is 265 g/mol. The summed E-state index contributed by atoms with van der Waals surface area (Å²) < 4.78 is 0. The molecule has 0 atom stereocenters. The van der Waals surface area contributed by atoms with Crippen LogP contribution in [0, 0.1) is 22.7 Å². The van der Waals surface area contributed by atoms with Gasteiger partial charge in [-0.1, -0.05) is 35.9 Å². The summed E-state index contributed by atoms with van der Waals surface area (Å²) in [6, 6.07) is 18.5. The van der Waals surface area contributed by atoms with Gasteiger partial charge in [0.25, 0.3) is 0 Å². The topological polar surface area (TPSA) is 47.6 Å². The van der Waals surface area contributed by atoms with Gasteiger partial charge < -0.3 is 0 Å². The lowest BCUT2D eigenvalue weighted by Crippen LogP contribution is -1.88. The minimum atomic E-state index is 0.594. The molecule has 0 N–H and O–H groups in total. The highest BCUT2D eigenvalue weighted by atomic mass is 35.5. The first kappa shape index (κ1) is 12.9. The van der Waals surface area contributed by atoms with Gasteiger partial charge in [-0.25, -0.2) is 0 Å². The molecule has 2 aromatic rings. The van der Waals surface area contributed by atoms with Crippen molar-refractivity contribution in [2.75, 3.05) is 0 Å². The second kappa shape index (κ2) is 5.87. The predicted octanol–water partition coefficient (Wildman–Crippen LogP) is 4.17. The normalized spacial score (nSPS) is 10.6. The standard InChI is InChI=1S/C16H9ClN2/c17-15-7-5-14(6-8-15)16(9-10-18)13-3-1-12(11-19)2-4-13/h1-9H/b16-9+. The maximum Gasteiger partial charge on any atom is 0.0991 e. The number of halogens is 1. The summed E-state index contributed by atoms with van der Waals surface area (Å²) in [4.78, 5) is 0. The minimum Gasteiger partial charge on any atom is -0.193 e. The predicted molar refractivity (Wildman–Crippen MR) is 75.3 cm³/mol. The van der Waals surface area contributed by atoms with E-state index in [1.165, 1.54) is 6.08 Å². The van der Waals surface area contributed by atoms with E-state index < -0.39 is 0 Å². The van der Waals surface area contributed by atoms with E-state index in [-0.39, 0.29) is 0 Å². The molecule has 19 heavy (non-hydrogen) atoms. The Hall–Kier alpha value is -2.55. The molecule has 0 aliphatic carbocycles. The van der Waals surface area contributed by atoms with Crippen molar-refractivity contribution in [1.29, 1.82) is 10.5 Å². The maximum absolute atomic E-state index is 8.91. The lowest BCUT2D eigenvalue weighted by molar-refractivity contribution is 1.47. The first-order valence-corrected chi connectivity index (χ1v) is 5.98. The number of rotatable bonds is 2. The molecule has 0 aromatic heterocycles. The van der Waals surface area contributed by atoms with E-state index in [4.69, 9.17) is 22.1 Å². The van der Waals surface area contributed by atoms with E-state index in [0.717, 1.165) is 16.7 Å². The molecule has 0 saturated heterocycles. The summed E-state index contributed by atoms with van der Waals surface area (Å²) in [5.41, 5.74) is 3.21. The number of hydrogen-bond acceptors (Lipinski definition) is 2. The maximum atomic E-state index is 8.91. The summed E-state index contributed by atoms with van der Waals surface area (Å²) in [6.07, 6.45) is 1.49. The third kappa shape index (κ3) is 3.01. The number of nitriles is 2. The van der Waals surface area contributed by atoms with Crippen LogP contribution in [0.1, 0.15) is 16.7 Å². The molecule has 0 bridgehead atoms. The fraction of sp³-hybridized carbons (Fsp3) is 0. The third-order valence-corrected chi connectivity index (χ3v) is 2.94. The molecule has 0 amide bonds. The van der Waals surface area contributed by atoms with Crippen molar-refractivity contribution in [3.05, 3.63) is 76.3 Å². The van der Waals surface area contributed by atoms with Gasteiger partial charge in [0.1, 0.15) is 0 Å². The zero-order valence-corrected chi connectivity index (χ0v) is 10.7. The van der Waals surface area contributed by atoms with Crippen molar-refractivity contribution >= 4 is 17.2 Å². The zero-order chi connectivity index (χ0) is 13.7. The molecule has 3 heteroatoms. The van der Waals surface area contributed by atoms with Crippen LogP contribution in [0.4, 0.5) is 0 Å². The van der Waals surface area contributed by atoms with Gasteiger partial charge in [-0.15, -0.1) is 0 Å². The highest BCUT2D eigenvalue weighted by Gasteiger charge is 2.05. The van der Waals surface area contributed by atoms with Crippen LogP contribution < -0.4 is 0 Å². The first-order chi connectivity index (χ1) is 9.24. The van der Waals surface area contributed by atoms with E-state index in [1.54, 1.807) is 24.3 Å². The number of hydrogen-bond donors (Lipinski definition) is 0. The smallest absolute Gasteiger partial charge is 0.0991 e. The summed E-state index contributed by atoms with van der Waals surface area (Å²) in [6.45, 7) is 0. The minimum absolute atomic E-state index is 0.594. The van der Waals surface area contributed by atoms with E-state index in [1.807, 2.05) is 30.3 Å². The lowest BCUT2D eigenvalue weighted by atomic mass is 9.97. The van der Waals surface area contributed by atoms with Gasteiger partial charge in [0, 0.05) is 11.1 Å². The number of nitrogens with zero attached hydrogens (tertiary/aromatic N) is 2. The Morgan fingerprint density at radius 2 is 1.42 bits per heavy atom. The molecule has 0 saturated carbocycles. The Labute approximate surface area is 116 Å². The molecule has 0 aliphatic heterocycles. The van der Waals surface area contributed by atoms with Crippen LogP contribution in [0.15, 0.2) is 54.6 Å². The van der Waals surface area contributed by atoms with E-state index in [0.29, 0.717) is 10.6 Å². The van der Waals surface area contributed by atoms with E-state index in [2.05, 4.69) is 6.07 Å². The summed E-state index contributed by atoms with van der Waals surface area (Å²) in [5, 5.41) is 18.3. The summed E-state index contributed by atoms with van der Waals surface area (Å²) >= 11 is 5.86. The Morgan fingerprint density at radius 3 is 1.89 bits per heavy atom. The van der Waals surface area contributed by atoms with E-state index in [9.17, 15) is 0 Å². The average Bonchev–Trinajstić information content (AvgIpc) is 2.46. The molecule has 2 aromatic carbocycles. The van der Waals surface area contributed by atoms with Crippen molar-refractivity contribution in [1.82, 2.24) is 0 Å². The van der Waals surface area contributed by atoms with Crippen LogP contribution in [0.25, 0.3) is 5.57 Å². The Bertz CT molecular complexity index is 684. The summed E-state index contributed by atoms with van der Waals surface area (Å²) in [7, 11) is 0. The van der Waals surface area contributed by atoms with Gasteiger partial charge >= 0.3 is 0 Å². The van der Waals surface area contributed by atoms with Crippen molar-refractivity contribution in [3.8, 4) is 12.1 Å². The number of allylic oxidation sites excluding steroid dienone is 1. The van der Waals surface area contributed by atoms with Crippen LogP contribution in [-0.2, 0) is 0 Å². The molecular weight excluding hydrogens is 256 g/mol. The quantitative estimate of drug-likeness (QED) is 0.765. The highest BCUT2D eigenvalue weighted by molar-refractivity contribution is 6.30. The van der Waals surface area contributed by atoms with Gasteiger partial charge in [0.15, 0.2) is 0 Å². The SMILES string of the molecule is N#C/C=C(/c1ccc(Cl)cc1)c1ccc(C#N)cc1. The number of benzene rings is 2. The molecule has 0 fully saturated rings. The van der Waals surface area contributed by atoms with Gasteiger partial charge in [0.2, 0.25) is 0 Å². The molecule has 2 nitrogen and oxygen atoms in total. The van der Waals surface area contributed by atoms with E-state index >= 15 is 0 Å². The largest absolute Gasteiger partial charge is 0.193 e. The second-order valence-corrected chi connectivity index (χ2v) is 4.32. The van der Waals surface area contributed by atoms with Crippen molar-refractivity contribution in [2.24, 2.45) is 0 Å². The third-order valence-electron chi connectivity index (χ3n) is 2.69. The fourth-order valence-corrected chi connectivity index (χ4v) is 1.88. The van der Waals surface area contributed by atoms with Gasteiger partial charge in [-0.05, 0) is 41.0 Å². The fourth-order valence-electron chi connectivity index (χ4n) is 1.75. The molecule has 0 spiro atoms. The van der Waals surface area contributed by atoms with Gasteiger partial charge in [0.05, 0.1) is 17.7 Å². The first-order valence-electron chi connectivity index (χ1n) is 5.61. The van der Waals surface area contributed by atoms with Gasteiger partial charge in [-0.2, -0.15) is 10.5 Å². The van der Waals surface area contributed by atoms with Crippen LogP contribution in [0.2, 0.25) is 5.02 Å². The van der Waals surface area contributed by atoms with Crippen LogP contribution in [-0.4, -0.2) is 0 Å².